The van der Waals surface area contributed by atoms with Crippen LogP contribution in [0.25, 0.3) is 11.1 Å². The zero-order chi connectivity index (χ0) is 34.6. The molecule has 0 fully saturated rings. The summed E-state index contributed by atoms with van der Waals surface area (Å²) >= 11 is 0. The summed E-state index contributed by atoms with van der Waals surface area (Å²) < 4.78 is 39.5. The number of primary amides is 1. The lowest BCUT2D eigenvalue weighted by Gasteiger charge is -2.27. The maximum atomic E-state index is 13.2. The highest BCUT2D eigenvalue weighted by Crippen LogP contribution is 2.24. The van der Waals surface area contributed by atoms with Gasteiger partial charge in [0, 0.05) is 18.4 Å². The van der Waals surface area contributed by atoms with Crippen molar-refractivity contribution < 1.29 is 42.3 Å². The Kier molecular flexibility index (Phi) is 13.0. The largest absolute Gasteiger partial charge is 0.416 e. The number of nitrogens with two attached hydrogens (primary N) is 1. The van der Waals surface area contributed by atoms with Crippen LogP contribution in [-0.2, 0) is 25.6 Å². The van der Waals surface area contributed by atoms with Gasteiger partial charge in [-0.2, -0.15) is 13.2 Å². The zero-order valence-electron chi connectivity index (χ0n) is 25.4. The summed E-state index contributed by atoms with van der Waals surface area (Å²) in [4.78, 5) is 62.6. The molecule has 250 valence electrons. The van der Waals surface area contributed by atoms with Gasteiger partial charge in [0.25, 0.3) is 5.91 Å². The van der Waals surface area contributed by atoms with Crippen LogP contribution in [0.4, 0.5) is 13.2 Å². The Balaban J connectivity index is 1.63. The van der Waals surface area contributed by atoms with Crippen LogP contribution in [0.5, 0.6) is 0 Å². The lowest BCUT2D eigenvalue weighted by Crippen LogP contribution is -2.57. The van der Waals surface area contributed by atoms with Gasteiger partial charge in [-0.1, -0.05) is 72.8 Å². The molecular weight excluding hydrogens is 619 g/mol. The first-order valence-electron chi connectivity index (χ1n) is 14.7. The molecule has 3 aromatic rings. The van der Waals surface area contributed by atoms with Crippen molar-refractivity contribution in [3.63, 3.8) is 0 Å². The van der Waals surface area contributed by atoms with Crippen molar-refractivity contribution in [2.45, 2.75) is 56.6 Å². The molecule has 0 saturated carbocycles. The van der Waals surface area contributed by atoms with Gasteiger partial charge < -0.3 is 32.1 Å². The number of amides is 5. The summed E-state index contributed by atoms with van der Waals surface area (Å²) in [5, 5.41) is 19.1. The summed E-state index contributed by atoms with van der Waals surface area (Å²) in [6, 6.07) is 20.3. The molecule has 47 heavy (non-hydrogen) atoms. The SMILES string of the molecule is C[C@@H](NC(=O)[C@H](Cc1ccccc1)NC(=O)CNC(=O)c1ccc(-c2ccccc2)cc1)C(=O)NC(CCC(N)=O)C(O)C(F)(F)F. The minimum absolute atomic E-state index is 0.0182. The average molecular weight is 656 g/mol. The van der Waals surface area contributed by atoms with Gasteiger partial charge in [0.05, 0.1) is 12.6 Å². The molecule has 0 heterocycles. The molecule has 0 radical (unpaired) electrons. The number of aliphatic hydroxyl groups is 1. The van der Waals surface area contributed by atoms with Gasteiger partial charge in [-0.25, -0.2) is 0 Å². The normalized spacial score (nSPS) is 13.7. The first kappa shape index (κ1) is 36.2. The van der Waals surface area contributed by atoms with E-state index in [9.17, 15) is 42.3 Å². The molecule has 11 nitrogen and oxygen atoms in total. The molecule has 0 aliphatic heterocycles. The molecule has 3 rings (SSSR count). The third kappa shape index (κ3) is 11.6. The molecule has 7 N–H and O–H groups in total. The van der Waals surface area contributed by atoms with E-state index in [1.807, 2.05) is 35.6 Å². The van der Waals surface area contributed by atoms with Crippen LogP contribution < -0.4 is 27.0 Å². The van der Waals surface area contributed by atoms with Gasteiger partial charge in [-0.05, 0) is 42.2 Å². The molecule has 0 aliphatic carbocycles. The molecule has 4 atom stereocenters. The maximum Gasteiger partial charge on any atom is 0.416 e. The van der Waals surface area contributed by atoms with Crippen molar-refractivity contribution in [2.75, 3.05) is 6.54 Å². The Labute approximate surface area is 269 Å². The minimum atomic E-state index is -5.10. The predicted octanol–water partition coefficient (Wildman–Crippen LogP) is 1.99. The number of carbonyl (C=O) groups is 5. The van der Waals surface area contributed by atoms with Gasteiger partial charge in [0.2, 0.25) is 23.6 Å². The van der Waals surface area contributed by atoms with E-state index in [1.165, 1.54) is 6.92 Å². The summed E-state index contributed by atoms with van der Waals surface area (Å²) in [6.45, 7) is 0.716. The van der Waals surface area contributed by atoms with E-state index in [2.05, 4.69) is 16.0 Å². The van der Waals surface area contributed by atoms with Gasteiger partial charge in [0.15, 0.2) is 6.10 Å². The molecule has 0 saturated heterocycles. The van der Waals surface area contributed by atoms with Crippen LogP contribution in [0.1, 0.15) is 35.7 Å². The summed E-state index contributed by atoms with van der Waals surface area (Å²) in [5.41, 5.74) is 7.82. The molecular formula is C33H36F3N5O6. The van der Waals surface area contributed by atoms with Gasteiger partial charge in [-0.3, -0.25) is 24.0 Å². The van der Waals surface area contributed by atoms with Crippen LogP contribution in [0.2, 0.25) is 0 Å². The molecule has 5 amide bonds. The number of halogens is 3. The molecule has 0 aliphatic rings. The number of benzene rings is 3. The lowest BCUT2D eigenvalue weighted by molar-refractivity contribution is -0.212. The molecule has 14 heteroatoms. The monoisotopic (exact) mass is 655 g/mol. The van der Waals surface area contributed by atoms with Crippen LogP contribution in [-0.4, -0.2) is 71.6 Å². The number of hydrogen-bond donors (Lipinski definition) is 6. The molecule has 3 aromatic carbocycles. The highest BCUT2D eigenvalue weighted by atomic mass is 19.4. The van der Waals surface area contributed by atoms with Gasteiger partial charge in [-0.15, -0.1) is 0 Å². The van der Waals surface area contributed by atoms with Gasteiger partial charge >= 0.3 is 6.18 Å². The second-order valence-electron chi connectivity index (χ2n) is 10.8. The Morgan fingerprint density at radius 3 is 1.94 bits per heavy atom. The van der Waals surface area contributed by atoms with E-state index < -0.39 is 79.3 Å². The summed E-state index contributed by atoms with van der Waals surface area (Å²) in [6.07, 6.45) is -9.25. The fourth-order valence-corrected chi connectivity index (χ4v) is 4.53. The number of hydrogen-bond acceptors (Lipinski definition) is 6. The molecule has 2 unspecified atom stereocenters. The first-order valence-corrected chi connectivity index (χ1v) is 14.7. The molecule has 0 aromatic heterocycles. The number of rotatable bonds is 15. The van der Waals surface area contributed by atoms with Crippen molar-refractivity contribution >= 4 is 29.5 Å². The second kappa shape index (κ2) is 16.9. The van der Waals surface area contributed by atoms with E-state index in [4.69, 9.17) is 5.73 Å². The standard InChI is InChI=1S/C33H36F3N5O6/c1-20(30(45)41-25(16-17-27(37)42)29(44)33(34,35)36)39-32(47)26(18-21-8-4-2-5-9-21)40-28(43)19-38-31(46)24-14-12-23(13-15-24)22-10-6-3-7-11-22/h2-15,20,25-26,29,44H,16-19H2,1H3,(H2,37,42)(H,38,46)(H,39,47)(H,40,43)(H,41,45)/t20-,25?,26+,29?/m1/s1. The maximum absolute atomic E-state index is 13.2. The van der Waals surface area contributed by atoms with Crippen molar-refractivity contribution in [2.24, 2.45) is 5.73 Å². The Hall–Kier alpha value is -5.24. The second-order valence-corrected chi connectivity index (χ2v) is 10.8. The highest BCUT2D eigenvalue weighted by Gasteiger charge is 2.44. The van der Waals surface area contributed by atoms with Crippen LogP contribution in [0, 0.1) is 0 Å². The number of carbonyl (C=O) groups excluding carboxylic acids is 5. The quantitative estimate of drug-likeness (QED) is 0.146. The Morgan fingerprint density at radius 1 is 0.787 bits per heavy atom. The average Bonchev–Trinajstić information content (AvgIpc) is 3.05. The van der Waals surface area contributed by atoms with Crippen LogP contribution in [0.15, 0.2) is 84.9 Å². The number of alkyl halides is 3. The third-order valence-electron chi connectivity index (χ3n) is 7.10. The first-order chi connectivity index (χ1) is 22.2. The molecule has 0 spiro atoms. The van der Waals surface area contributed by atoms with Gasteiger partial charge in [0.1, 0.15) is 12.1 Å². The van der Waals surface area contributed by atoms with Crippen molar-refractivity contribution in [1.29, 1.82) is 0 Å². The fourth-order valence-electron chi connectivity index (χ4n) is 4.53. The van der Waals surface area contributed by atoms with Crippen molar-refractivity contribution in [3.8, 4) is 11.1 Å². The Bertz CT molecular complexity index is 1520. The smallest absolute Gasteiger partial charge is 0.382 e. The highest BCUT2D eigenvalue weighted by molar-refractivity contribution is 5.98. The summed E-state index contributed by atoms with van der Waals surface area (Å²) in [5.74, 6) is -4.09. The molecule has 0 bridgehead atoms. The fraction of sp³-hybridized carbons (Fsp3) is 0.303. The Morgan fingerprint density at radius 2 is 1.36 bits per heavy atom. The van der Waals surface area contributed by atoms with Crippen LogP contribution in [0.3, 0.4) is 0 Å². The summed E-state index contributed by atoms with van der Waals surface area (Å²) in [7, 11) is 0. The van der Waals surface area contributed by atoms with E-state index in [0.29, 0.717) is 11.1 Å². The van der Waals surface area contributed by atoms with Crippen molar-refractivity contribution in [1.82, 2.24) is 21.3 Å². The predicted molar refractivity (Wildman–Crippen MR) is 166 cm³/mol. The van der Waals surface area contributed by atoms with Crippen LogP contribution >= 0.6 is 0 Å². The lowest BCUT2D eigenvalue weighted by atomic mass is 10.0. The van der Waals surface area contributed by atoms with E-state index in [0.717, 1.165) is 11.1 Å². The third-order valence-corrected chi connectivity index (χ3v) is 7.10. The van der Waals surface area contributed by atoms with Crippen molar-refractivity contribution in [3.05, 3.63) is 96.1 Å². The van der Waals surface area contributed by atoms with E-state index >= 15 is 0 Å². The number of nitrogens with one attached hydrogen (secondary N) is 4. The number of aliphatic hydroxyl groups excluding tert-OH is 1. The minimum Gasteiger partial charge on any atom is -0.382 e. The van der Waals surface area contributed by atoms with E-state index in [1.54, 1.807) is 54.6 Å². The topological polar surface area (TPSA) is 180 Å². The van der Waals surface area contributed by atoms with E-state index in [-0.39, 0.29) is 6.42 Å². The zero-order valence-corrected chi connectivity index (χ0v) is 25.4.